The van der Waals surface area contributed by atoms with Crippen molar-refractivity contribution in [3.8, 4) is 0 Å². The standard InChI is InChI=1S/C6H13NO2/c1-3-4-7-9-6-5-8-2/h3,7H,1,4-6H2,2H3. The Morgan fingerprint density at radius 2 is 2.33 bits per heavy atom. The van der Waals surface area contributed by atoms with Gasteiger partial charge in [-0.25, -0.2) is 0 Å². The lowest BCUT2D eigenvalue weighted by Gasteiger charge is -2.00. The second kappa shape index (κ2) is 7.62. The van der Waals surface area contributed by atoms with Crippen LogP contribution in [0.4, 0.5) is 0 Å². The van der Waals surface area contributed by atoms with E-state index in [-0.39, 0.29) is 0 Å². The van der Waals surface area contributed by atoms with Gasteiger partial charge in [0.15, 0.2) is 0 Å². The van der Waals surface area contributed by atoms with Crippen molar-refractivity contribution in [1.82, 2.24) is 5.48 Å². The molecule has 0 aliphatic heterocycles. The molecule has 9 heavy (non-hydrogen) atoms. The van der Waals surface area contributed by atoms with Crippen LogP contribution in [0.25, 0.3) is 0 Å². The Hall–Kier alpha value is -0.380. The van der Waals surface area contributed by atoms with Gasteiger partial charge >= 0.3 is 0 Å². The molecule has 0 radical (unpaired) electrons. The highest BCUT2D eigenvalue weighted by Crippen LogP contribution is 1.69. The van der Waals surface area contributed by atoms with Crippen LogP contribution in [0.5, 0.6) is 0 Å². The van der Waals surface area contributed by atoms with Crippen LogP contribution in [0.1, 0.15) is 0 Å². The number of rotatable bonds is 6. The molecule has 3 heteroatoms. The van der Waals surface area contributed by atoms with E-state index in [1.807, 2.05) is 0 Å². The predicted octanol–water partition coefficient (Wildman–Crippen LogP) is 0.340. The summed E-state index contributed by atoms with van der Waals surface area (Å²) in [6.07, 6.45) is 1.73. The fourth-order valence-corrected chi connectivity index (χ4v) is 0.315. The number of hydrogen-bond donors (Lipinski definition) is 1. The second-order valence-corrected chi connectivity index (χ2v) is 1.48. The van der Waals surface area contributed by atoms with Crippen LogP contribution in [-0.4, -0.2) is 26.9 Å². The van der Waals surface area contributed by atoms with Gasteiger partial charge in [-0.05, 0) is 0 Å². The van der Waals surface area contributed by atoms with Crippen molar-refractivity contribution in [2.24, 2.45) is 0 Å². The first-order valence-electron chi connectivity index (χ1n) is 2.86. The lowest BCUT2D eigenvalue weighted by Crippen LogP contribution is -2.17. The summed E-state index contributed by atoms with van der Waals surface area (Å²) < 4.78 is 4.73. The van der Waals surface area contributed by atoms with Crippen molar-refractivity contribution in [1.29, 1.82) is 0 Å². The van der Waals surface area contributed by atoms with E-state index in [1.54, 1.807) is 13.2 Å². The second-order valence-electron chi connectivity index (χ2n) is 1.48. The Balaban J connectivity index is 2.66. The van der Waals surface area contributed by atoms with Crippen LogP contribution in [0, 0.1) is 0 Å². The highest BCUT2D eigenvalue weighted by Gasteiger charge is 1.81. The van der Waals surface area contributed by atoms with Gasteiger partial charge in [-0.3, -0.25) is 4.84 Å². The van der Waals surface area contributed by atoms with Crippen molar-refractivity contribution < 1.29 is 9.57 Å². The molecule has 0 bridgehead atoms. The maximum Gasteiger partial charge on any atom is 0.0916 e. The first-order valence-corrected chi connectivity index (χ1v) is 2.86. The number of ether oxygens (including phenoxy) is 1. The van der Waals surface area contributed by atoms with E-state index in [1.165, 1.54) is 0 Å². The third kappa shape index (κ3) is 7.62. The molecule has 0 heterocycles. The van der Waals surface area contributed by atoms with E-state index in [9.17, 15) is 0 Å². The third-order valence-electron chi connectivity index (χ3n) is 0.719. The van der Waals surface area contributed by atoms with Crippen LogP contribution in [-0.2, 0) is 9.57 Å². The Labute approximate surface area is 55.6 Å². The quantitative estimate of drug-likeness (QED) is 0.320. The smallest absolute Gasteiger partial charge is 0.0916 e. The van der Waals surface area contributed by atoms with Crippen LogP contribution >= 0.6 is 0 Å². The van der Waals surface area contributed by atoms with Crippen molar-refractivity contribution in [3.63, 3.8) is 0 Å². The van der Waals surface area contributed by atoms with Crippen molar-refractivity contribution >= 4 is 0 Å². The Kier molecular flexibility index (Phi) is 7.30. The summed E-state index contributed by atoms with van der Waals surface area (Å²) in [5.41, 5.74) is 2.67. The first kappa shape index (κ1) is 8.62. The molecule has 1 N–H and O–H groups in total. The molecule has 0 aliphatic rings. The minimum Gasteiger partial charge on any atom is -0.382 e. The van der Waals surface area contributed by atoms with Crippen LogP contribution in [0.15, 0.2) is 12.7 Å². The third-order valence-corrected chi connectivity index (χ3v) is 0.719. The molecule has 0 rings (SSSR count). The minimum atomic E-state index is 0.574. The summed E-state index contributed by atoms with van der Waals surface area (Å²) in [6.45, 7) is 5.36. The first-order chi connectivity index (χ1) is 4.41. The van der Waals surface area contributed by atoms with E-state index >= 15 is 0 Å². The molecule has 0 saturated carbocycles. The van der Waals surface area contributed by atoms with Crippen molar-refractivity contribution in [2.75, 3.05) is 26.9 Å². The highest BCUT2D eigenvalue weighted by atomic mass is 16.7. The summed E-state index contributed by atoms with van der Waals surface area (Å²) in [6, 6.07) is 0. The van der Waals surface area contributed by atoms with Crippen LogP contribution < -0.4 is 5.48 Å². The normalized spacial score (nSPS) is 9.44. The molecule has 54 valence electrons. The topological polar surface area (TPSA) is 30.5 Å². The summed E-state index contributed by atoms with van der Waals surface area (Å²) in [7, 11) is 1.64. The van der Waals surface area contributed by atoms with E-state index in [4.69, 9.17) is 9.57 Å². The summed E-state index contributed by atoms with van der Waals surface area (Å²) in [5, 5.41) is 0. The van der Waals surface area contributed by atoms with Gasteiger partial charge in [0.05, 0.1) is 13.2 Å². The zero-order valence-corrected chi connectivity index (χ0v) is 5.72. The lowest BCUT2D eigenvalue weighted by atomic mass is 10.7. The molecular formula is C6H13NO2. The zero-order valence-electron chi connectivity index (χ0n) is 5.72. The molecule has 0 atom stereocenters. The fraction of sp³-hybridized carbons (Fsp3) is 0.667. The van der Waals surface area contributed by atoms with Gasteiger partial charge in [-0.15, -0.1) is 6.58 Å². The molecule has 0 spiro atoms. The summed E-state index contributed by atoms with van der Waals surface area (Å²) in [4.78, 5) is 4.87. The lowest BCUT2D eigenvalue weighted by molar-refractivity contribution is 0.0123. The fourth-order valence-electron chi connectivity index (χ4n) is 0.315. The molecular weight excluding hydrogens is 118 g/mol. The molecule has 0 amide bonds. The number of methoxy groups -OCH3 is 1. The number of hydrogen-bond acceptors (Lipinski definition) is 3. The summed E-state index contributed by atoms with van der Waals surface area (Å²) >= 11 is 0. The molecule has 3 nitrogen and oxygen atoms in total. The van der Waals surface area contributed by atoms with Gasteiger partial charge in [-0.1, -0.05) is 6.08 Å². The SMILES string of the molecule is C=CCNOCCOC. The van der Waals surface area contributed by atoms with Crippen molar-refractivity contribution in [3.05, 3.63) is 12.7 Å². The Morgan fingerprint density at radius 1 is 1.56 bits per heavy atom. The Bertz CT molecular complexity index is 66.1. The Morgan fingerprint density at radius 3 is 2.89 bits per heavy atom. The average Bonchev–Trinajstić information content (AvgIpc) is 1.89. The van der Waals surface area contributed by atoms with E-state index < -0.39 is 0 Å². The molecule has 0 aromatic rings. The van der Waals surface area contributed by atoms with E-state index in [0.717, 1.165) is 0 Å². The average molecular weight is 131 g/mol. The molecule has 0 saturated heterocycles. The summed E-state index contributed by atoms with van der Waals surface area (Å²) in [5.74, 6) is 0. The number of nitrogens with one attached hydrogen (secondary N) is 1. The van der Waals surface area contributed by atoms with Gasteiger partial charge in [0.1, 0.15) is 0 Å². The van der Waals surface area contributed by atoms with Gasteiger partial charge in [0.2, 0.25) is 0 Å². The maximum atomic E-state index is 4.87. The maximum absolute atomic E-state index is 4.87. The highest BCUT2D eigenvalue weighted by molar-refractivity contribution is 4.65. The van der Waals surface area contributed by atoms with Crippen LogP contribution in [0.3, 0.4) is 0 Å². The molecule has 0 aliphatic carbocycles. The minimum absolute atomic E-state index is 0.574. The van der Waals surface area contributed by atoms with Crippen LogP contribution in [0.2, 0.25) is 0 Å². The van der Waals surface area contributed by atoms with Gasteiger partial charge < -0.3 is 4.74 Å². The van der Waals surface area contributed by atoms with E-state index in [2.05, 4.69) is 12.1 Å². The van der Waals surface area contributed by atoms with Gasteiger partial charge in [-0.2, -0.15) is 5.48 Å². The monoisotopic (exact) mass is 131 g/mol. The largest absolute Gasteiger partial charge is 0.382 e. The van der Waals surface area contributed by atoms with Crippen molar-refractivity contribution in [2.45, 2.75) is 0 Å². The van der Waals surface area contributed by atoms with Gasteiger partial charge in [0, 0.05) is 13.7 Å². The molecule has 0 aromatic heterocycles. The van der Waals surface area contributed by atoms with Gasteiger partial charge in [0.25, 0.3) is 0 Å². The molecule has 0 aromatic carbocycles. The molecule has 0 unspecified atom stereocenters. The number of hydroxylamine groups is 1. The predicted molar refractivity (Wildman–Crippen MR) is 36.0 cm³/mol. The van der Waals surface area contributed by atoms with E-state index in [0.29, 0.717) is 19.8 Å². The molecule has 0 fully saturated rings. The zero-order chi connectivity index (χ0) is 6.95.